The summed E-state index contributed by atoms with van der Waals surface area (Å²) in [7, 11) is 2.83. The SMILES string of the molecule is C[C@H]1c2ccc(NC(=O)Nc3ccc(CO)cc3)c(O)c2C(=O)C2C(=O)[C@]3(O)C(=O)C(C(N)=O)C(=O)[C@@H](N(C)C)[C@@H]3[C@@H](O)[C@@H]21. The zero-order valence-electron chi connectivity index (χ0n) is 24.0. The number of ketones is 4. The van der Waals surface area contributed by atoms with Crippen LogP contribution in [0.15, 0.2) is 36.4 Å². The molecule has 3 aliphatic rings. The topological polar surface area (TPSA) is 237 Å². The second-order valence-electron chi connectivity index (χ2n) is 11.7. The first-order chi connectivity index (χ1) is 20.7. The fourth-order valence-corrected chi connectivity index (χ4v) is 7.07. The number of amides is 3. The molecule has 0 spiro atoms. The molecule has 232 valence electrons. The first-order valence-corrected chi connectivity index (χ1v) is 13.8. The molecular weight excluding hydrogens is 576 g/mol. The van der Waals surface area contributed by atoms with Gasteiger partial charge in [0.2, 0.25) is 5.91 Å². The molecule has 44 heavy (non-hydrogen) atoms. The number of aliphatic hydroxyl groups excluding tert-OH is 2. The van der Waals surface area contributed by atoms with E-state index in [0.717, 1.165) is 0 Å². The van der Waals surface area contributed by atoms with E-state index in [1.165, 1.54) is 31.1 Å². The second-order valence-corrected chi connectivity index (χ2v) is 11.7. The maximum atomic E-state index is 14.0. The van der Waals surface area contributed by atoms with E-state index in [1.54, 1.807) is 31.2 Å². The molecule has 2 aromatic rings. The van der Waals surface area contributed by atoms with Crippen molar-refractivity contribution >= 4 is 46.4 Å². The first-order valence-electron chi connectivity index (χ1n) is 13.8. The number of benzene rings is 2. The van der Waals surface area contributed by atoms with E-state index < -0.39 is 88.2 Å². The van der Waals surface area contributed by atoms with Gasteiger partial charge in [-0.15, -0.1) is 0 Å². The smallest absolute Gasteiger partial charge is 0.323 e. The molecule has 2 aromatic carbocycles. The van der Waals surface area contributed by atoms with Crippen molar-refractivity contribution in [1.82, 2.24) is 4.90 Å². The number of aliphatic hydroxyl groups is 3. The van der Waals surface area contributed by atoms with Gasteiger partial charge in [-0.25, -0.2) is 4.79 Å². The summed E-state index contributed by atoms with van der Waals surface area (Å²) in [6, 6.07) is 6.82. The van der Waals surface area contributed by atoms with E-state index in [0.29, 0.717) is 11.3 Å². The van der Waals surface area contributed by atoms with Crippen LogP contribution in [0.25, 0.3) is 0 Å². The number of nitrogens with two attached hydrogens (primary N) is 1. The lowest BCUT2D eigenvalue weighted by Gasteiger charge is -2.56. The van der Waals surface area contributed by atoms with Crippen LogP contribution >= 0.6 is 0 Å². The van der Waals surface area contributed by atoms with Gasteiger partial charge in [0, 0.05) is 11.6 Å². The quantitative estimate of drug-likeness (QED) is 0.169. The lowest BCUT2D eigenvalue weighted by Crippen LogP contribution is -2.77. The minimum atomic E-state index is -3.10. The molecule has 14 heteroatoms. The first kappa shape index (κ1) is 30.9. The van der Waals surface area contributed by atoms with Gasteiger partial charge >= 0.3 is 6.03 Å². The van der Waals surface area contributed by atoms with Crippen molar-refractivity contribution in [2.45, 2.75) is 37.2 Å². The van der Waals surface area contributed by atoms with Gasteiger partial charge < -0.3 is 36.8 Å². The molecule has 0 aliphatic heterocycles. The standard InChI is InChI=1S/C30H32N4O10/c1-11-14-8-9-15(33-29(43)32-13-6-4-12(10-35)5-7-13)22(36)17(14)23(37)18-16(11)24(38)20-21(34(2)3)25(39)19(28(31)42)27(41)30(20,44)26(18)40/h4-9,11,16,18-21,24,35-36,38,44H,10H2,1-3H3,(H2,31,42)(H2,32,33,43)/t11-,16+,18?,19?,20+,21-,24-,30-/m0/s1. The van der Waals surface area contributed by atoms with Crippen molar-refractivity contribution in [3.63, 3.8) is 0 Å². The number of likely N-dealkylation sites (N-methyl/N-ethyl adjacent to an activating group) is 1. The van der Waals surface area contributed by atoms with Gasteiger partial charge in [-0.3, -0.25) is 28.9 Å². The predicted octanol–water partition coefficient (Wildman–Crippen LogP) is -0.465. The van der Waals surface area contributed by atoms with Gasteiger partial charge in [0.05, 0.1) is 41.8 Å². The molecule has 0 saturated heterocycles. The van der Waals surface area contributed by atoms with Crippen molar-refractivity contribution in [3.05, 3.63) is 53.1 Å². The van der Waals surface area contributed by atoms with E-state index in [4.69, 9.17) is 5.73 Å². The van der Waals surface area contributed by atoms with Crippen molar-refractivity contribution in [1.29, 1.82) is 0 Å². The van der Waals surface area contributed by atoms with Crippen molar-refractivity contribution < 1.29 is 49.2 Å². The number of rotatable bonds is 5. The highest BCUT2D eigenvalue weighted by atomic mass is 16.3. The predicted molar refractivity (Wildman–Crippen MR) is 152 cm³/mol. The maximum Gasteiger partial charge on any atom is 0.323 e. The fraction of sp³-hybridized carbons (Fsp3) is 0.400. The Morgan fingerprint density at radius 3 is 2.20 bits per heavy atom. The van der Waals surface area contributed by atoms with Crippen molar-refractivity contribution in [2.24, 2.45) is 29.4 Å². The van der Waals surface area contributed by atoms with Crippen LogP contribution < -0.4 is 16.4 Å². The summed E-state index contributed by atoms with van der Waals surface area (Å²) >= 11 is 0. The number of carbonyl (C=O) groups excluding carboxylic acids is 6. The average Bonchev–Trinajstić information content (AvgIpc) is 2.96. The summed E-state index contributed by atoms with van der Waals surface area (Å²) in [6.45, 7) is 1.40. The van der Waals surface area contributed by atoms with E-state index in [2.05, 4.69) is 10.6 Å². The van der Waals surface area contributed by atoms with Gasteiger partial charge in [0.1, 0.15) is 5.75 Å². The van der Waals surface area contributed by atoms with Gasteiger partial charge in [-0.1, -0.05) is 25.1 Å². The Morgan fingerprint density at radius 1 is 1.00 bits per heavy atom. The fourth-order valence-electron chi connectivity index (χ4n) is 7.07. The second kappa shape index (κ2) is 10.9. The number of nitrogens with zero attached hydrogens (tertiary/aromatic N) is 1. The number of phenols is 1. The van der Waals surface area contributed by atoms with Crippen molar-refractivity contribution in [2.75, 3.05) is 24.7 Å². The Kier molecular flexibility index (Phi) is 7.66. The third kappa shape index (κ3) is 4.40. The van der Waals surface area contributed by atoms with Crippen LogP contribution in [0.2, 0.25) is 0 Å². The molecule has 3 aliphatic carbocycles. The molecule has 0 bridgehead atoms. The Bertz CT molecular complexity index is 1610. The minimum absolute atomic E-state index is 0.185. The highest BCUT2D eigenvalue weighted by Crippen LogP contribution is 2.55. The molecule has 2 unspecified atom stereocenters. The molecule has 8 N–H and O–H groups in total. The molecule has 8 atom stereocenters. The highest BCUT2D eigenvalue weighted by Gasteiger charge is 2.72. The third-order valence-corrected chi connectivity index (χ3v) is 9.13. The number of urea groups is 1. The van der Waals surface area contributed by atoms with Gasteiger partial charge in [0.25, 0.3) is 0 Å². The molecule has 2 fully saturated rings. The van der Waals surface area contributed by atoms with Gasteiger partial charge in [0.15, 0.2) is 34.7 Å². The van der Waals surface area contributed by atoms with Crippen molar-refractivity contribution in [3.8, 4) is 5.75 Å². The summed E-state index contributed by atoms with van der Waals surface area (Å²) in [5.74, 6) is -14.6. The lowest BCUT2D eigenvalue weighted by molar-refractivity contribution is -0.196. The average molecular weight is 609 g/mol. The minimum Gasteiger partial charge on any atom is -0.505 e. The Labute approximate surface area is 250 Å². The molecule has 5 rings (SSSR count). The van der Waals surface area contributed by atoms with E-state index in [-0.39, 0.29) is 23.4 Å². The highest BCUT2D eigenvalue weighted by molar-refractivity contribution is 6.32. The molecule has 0 heterocycles. The van der Waals surface area contributed by atoms with Gasteiger partial charge in [-0.2, -0.15) is 0 Å². The van der Waals surface area contributed by atoms with Crippen LogP contribution in [0.1, 0.15) is 34.3 Å². The summed E-state index contributed by atoms with van der Waals surface area (Å²) in [5.41, 5.74) is 2.91. The summed E-state index contributed by atoms with van der Waals surface area (Å²) in [6.07, 6.45) is -1.74. The number of aromatic hydroxyl groups is 1. The number of hydrogen-bond acceptors (Lipinski definition) is 11. The largest absolute Gasteiger partial charge is 0.505 e. The Morgan fingerprint density at radius 2 is 1.64 bits per heavy atom. The zero-order chi connectivity index (χ0) is 32.4. The zero-order valence-corrected chi connectivity index (χ0v) is 24.0. The molecule has 0 aromatic heterocycles. The summed E-state index contributed by atoms with van der Waals surface area (Å²) in [5, 5.41) is 48.7. The number of Topliss-reactive ketones (excluding diaryl/α,β-unsaturated/α-hetero) is 4. The monoisotopic (exact) mass is 608 g/mol. The van der Waals surface area contributed by atoms with Crippen LogP contribution in [0, 0.1) is 23.7 Å². The van der Waals surface area contributed by atoms with E-state index >= 15 is 0 Å². The number of hydrogen-bond donors (Lipinski definition) is 7. The van der Waals surface area contributed by atoms with E-state index in [1.807, 2.05) is 0 Å². The number of carbonyl (C=O) groups is 6. The number of fused-ring (bicyclic) bond motifs is 3. The van der Waals surface area contributed by atoms with Crippen LogP contribution in [0.3, 0.4) is 0 Å². The maximum absolute atomic E-state index is 14.0. The van der Waals surface area contributed by atoms with E-state index in [9.17, 15) is 49.2 Å². The summed E-state index contributed by atoms with van der Waals surface area (Å²) in [4.78, 5) is 80.8. The van der Waals surface area contributed by atoms with Crippen LogP contribution in [-0.4, -0.2) is 92.2 Å². The Balaban J connectivity index is 1.53. The lowest BCUT2D eigenvalue weighted by atomic mass is 9.49. The number of nitrogens with one attached hydrogen (secondary N) is 2. The van der Waals surface area contributed by atoms with Crippen LogP contribution in [-0.2, 0) is 25.8 Å². The molecule has 0 radical (unpaired) electrons. The molecular formula is C30H32N4O10. The van der Waals surface area contributed by atoms with Crippen LogP contribution in [0.5, 0.6) is 5.75 Å². The third-order valence-electron chi connectivity index (χ3n) is 9.13. The molecule has 3 amide bonds. The number of anilines is 2. The summed E-state index contributed by atoms with van der Waals surface area (Å²) < 4.78 is 0. The number of primary amides is 1. The Hall–Kier alpha value is -4.50. The number of phenolic OH excluding ortho intramolecular Hbond substituents is 1. The van der Waals surface area contributed by atoms with Crippen LogP contribution in [0.4, 0.5) is 16.2 Å². The molecule has 14 nitrogen and oxygen atoms in total. The normalized spacial score (nSPS) is 31.2. The molecule has 2 saturated carbocycles. The van der Waals surface area contributed by atoms with Gasteiger partial charge in [-0.05, 0) is 49.3 Å².